The van der Waals surface area contributed by atoms with Gasteiger partial charge < -0.3 is 14.8 Å². The predicted octanol–water partition coefficient (Wildman–Crippen LogP) is 2.17. The standard InChI is InChI=1S/C22H21N7O2/c30-19-14(9-18(20(19)31)29-6-5-15-10-23-11-24-22(15)29)4-2-12-1-3-13-8-17-21(27-28-26-17)25-16(13)7-12/h1,3,5-8,10-11,14,18-20,30-31H,2,4,9H2,(H,25,26,27,28)/t14-,18+,19+,20-/m0/s1. The normalized spacial score (nSPS) is 23.9. The van der Waals surface area contributed by atoms with Crippen LogP contribution in [0.1, 0.15) is 24.4 Å². The predicted molar refractivity (Wildman–Crippen MR) is 114 cm³/mol. The van der Waals surface area contributed by atoms with Gasteiger partial charge in [0.05, 0.1) is 17.7 Å². The largest absolute Gasteiger partial charge is 0.390 e. The summed E-state index contributed by atoms with van der Waals surface area (Å²) in [7, 11) is 0. The molecule has 0 spiro atoms. The van der Waals surface area contributed by atoms with Crippen molar-refractivity contribution in [3.05, 3.63) is 54.6 Å². The van der Waals surface area contributed by atoms with Crippen LogP contribution >= 0.6 is 0 Å². The summed E-state index contributed by atoms with van der Waals surface area (Å²) in [6.45, 7) is 0. The Kier molecular flexibility index (Phi) is 4.18. The van der Waals surface area contributed by atoms with Crippen molar-refractivity contribution in [1.82, 2.24) is 34.9 Å². The number of fused-ring (bicyclic) bond motifs is 3. The highest BCUT2D eigenvalue weighted by atomic mass is 16.3. The van der Waals surface area contributed by atoms with Crippen molar-refractivity contribution in [1.29, 1.82) is 0 Å². The molecule has 1 aliphatic rings. The van der Waals surface area contributed by atoms with E-state index in [-0.39, 0.29) is 12.0 Å². The second-order valence-electron chi connectivity index (χ2n) is 8.30. The molecule has 0 aliphatic heterocycles. The lowest BCUT2D eigenvalue weighted by Gasteiger charge is -2.18. The highest BCUT2D eigenvalue weighted by molar-refractivity contribution is 5.89. The molecule has 1 aromatic carbocycles. The Bertz CT molecular complexity index is 1390. The van der Waals surface area contributed by atoms with E-state index in [1.165, 1.54) is 6.33 Å². The topological polar surface area (TPSA) is 126 Å². The van der Waals surface area contributed by atoms with Gasteiger partial charge in [0.25, 0.3) is 0 Å². The first-order valence-corrected chi connectivity index (χ1v) is 10.4. The zero-order valence-corrected chi connectivity index (χ0v) is 16.6. The number of H-pyrrole nitrogens is 1. The Hall–Kier alpha value is -3.43. The van der Waals surface area contributed by atoms with Gasteiger partial charge in [-0.3, -0.25) is 0 Å². The number of nitrogens with zero attached hydrogens (tertiary/aromatic N) is 6. The molecule has 4 atom stereocenters. The number of aliphatic hydroxyl groups excluding tert-OH is 2. The number of aryl methyl sites for hydroxylation is 1. The van der Waals surface area contributed by atoms with E-state index in [0.29, 0.717) is 12.1 Å². The Morgan fingerprint density at radius 1 is 1.06 bits per heavy atom. The first kappa shape index (κ1) is 18.3. The van der Waals surface area contributed by atoms with Gasteiger partial charge in [0.15, 0.2) is 5.65 Å². The van der Waals surface area contributed by atoms with E-state index >= 15 is 0 Å². The molecule has 5 aromatic rings. The summed E-state index contributed by atoms with van der Waals surface area (Å²) in [5, 5.41) is 34.0. The van der Waals surface area contributed by atoms with Crippen molar-refractivity contribution in [2.45, 2.75) is 37.5 Å². The van der Waals surface area contributed by atoms with Crippen LogP contribution in [0.4, 0.5) is 0 Å². The minimum absolute atomic E-state index is 0.00207. The van der Waals surface area contributed by atoms with Gasteiger partial charge in [-0.25, -0.2) is 20.1 Å². The van der Waals surface area contributed by atoms with Crippen LogP contribution in [-0.2, 0) is 6.42 Å². The minimum Gasteiger partial charge on any atom is -0.390 e. The second-order valence-corrected chi connectivity index (χ2v) is 8.30. The van der Waals surface area contributed by atoms with Crippen LogP contribution in [0.15, 0.2) is 49.1 Å². The molecule has 1 fully saturated rings. The maximum absolute atomic E-state index is 10.7. The summed E-state index contributed by atoms with van der Waals surface area (Å²) >= 11 is 0. The van der Waals surface area contributed by atoms with E-state index < -0.39 is 12.2 Å². The molecule has 31 heavy (non-hydrogen) atoms. The van der Waals surface area contributed by atoms with E-state index in [2.05, 4.69) is 42.5 Å². The van der Waals surface area contributed by atoms with Crippen molar-refractivity contribution < 1.29 is 10.2 Å². The van der Waals surface area contributed by atoms with Crippen molar-refractivity contribution in [3.8, 4) is 0 Å². The average molecular weight is 415 g/mol. The molecular weight excluding hydrogens is 394 g/mol. The van der Waals surface area contributed by atoms with Crippen LogP contribution in [0.2, 0.25) is 0 Å². The van der Waals surface area contributed by atoms with Crippen LogP contribution < -0.4 is 0 Å². The molecular formula is C22H21N7O2. The van der Waals surface area contributed by atoms with Crippen LogP contribution in [0.25, 0.3) is 33.1 Å². The summed E-state index contributed by atoms with van der Waals surface area (Å²) < 4.78 is 1.97. The summed E-state index contributed by atoms with van der Waals surface area (Å²) in [5.41, 5.74) is 4.24. The maximum Gasteiger partial charge on any atom is 0.176 e. The van der Waals surface area contributed by atoms with E-state index in [4.69, 9.17) is 0 Å². The highest BCUT2D eigenvalue weighted by Gasteiger charge is 2.42. The third-order valence-corrected chi connectivity index (χ3v) is 6.49. The van der Waals surface area contributed by atoms with Crippen LogP contribution in [0.3, 0.4) is 0 Å². The summed E-state index contributed by atoms with van der Waals surface area (Å²) in [6, 6.07) is 9.91. The van der Waals surface area contributed by atoms with Crippen LogP contribution in [0, 0.1) is 5.92 Å². The fourth-order valence-corrected chi connectivity index (χ4v) is 4.82. The average Bonchev–Trinajstić information content (AvgIpc) is 3.49. The van der Waals surface area contributed by atoms with Crippen molar-refractivity contribution in [2.24, 2.45) is 5.92 Å². The smallest absolute Gasteiger partial charge is 0.176 e. The lowest BCUT2D eigenvalue weighted by molar-refractivity contribution is 0.00545. The summed E-state index contributed by atoms with van der Waals surface area (Å²) in [4.78, 5) is 13.0. The van der Waals surface area contributed by atoms with E-state index in [1.807, 2.05) is 29.0 Å². The zero-order chi connectivity index (χ0) is 20.9. The van der Waals surface area contributed by atoms with Gasteiger partial charge in [-0.15, -0.1) is 5.10 Å². The Morgan fingerprint density at radius 2 is 2.00 bits per heavy atom. The van der Waals surface area contributed by atoms with Crippen LogP contribution in [0.5, 0.6) is 0 Å². The maximum atomic E-state index is 10.7. The third-order valence-electron chi connectivity index (χ3n) is 6.49. The second kappa shape index (κ2) is 7.07. The molecule has 3 N–H and O–H groups in total. The SMILES string of the molecule is O[C@@H]1[C@@H](CCc2ccc3cc4nn[nH]c4nc3c2)C[C@@H](n2ccc3cncnc32)[C@@H]1O. The number of nitrogens with one attached hydrogen (secondary N) is 1. The number of rotatable bonds is 4. The molecule has 0 saturated heterocycles. The van der Waals surface area contributed by atoms with Gasteiger partial charge in [0.2, 0.25) is 0 Å². The van der Waals surface area contributed by atoms with Gasteiger partial charge >= 0.3 is 0 Å². The quantitative estimate of drug-likeness (QED) is 0.411. The monoisotopic (exact) mass is 415 g/mol. The molecule has 4 heterocycles. The number of benzene rings is 1. The van der Waals surface area contributed by atoms with Gasteiger partial charge in [-0.2, -0.15) is 0 Å². The van der Waals surface area contributed by atoms with Crippen molar-refractivity contribution in [3.63, 3.8) is 0 Å². The molecule has 9 nitrogen and oxygen atoms in total. The van der Waals surface area contributed by atoms with E-state index in [1.54, 1.807) is 6.20 Å². The number of aromatic amines is 1. The Morgan fingerprint density at radius 3 is 2.94 bits per heavy atom. The molecule has 1 aliphatic carbocycles. The van der Waals surface area contributed by atoms with Gasteiger partial charge in [-0.05, 0) is 48.9 Å². The highest BCUT2D eigenvalue weighted by Crippen LogP contribution is 2.39. The number of hydrogen-bond acceptors (Lipinski definition) is 7. The Balaban J connectivity index is 1.21. The number of pyridine rings is 1. The fourth-order valence-electron chi connectivity index (χ4n) is 4.82. The summed E-state index contributed by atoms with van der Waals surface area (Å²) in [5.74, 6) is 0.00207. The summed E-state index contributed by atoms with van der Waals surface area (Å²) in [6.07, 6.45) is 5.87. The molecule has 0 radical (unpaired) electrons. The number of aromatic nitrogens is 7. The molecule has 0 amide bonds. The van der Waals surface area contributed by atoms with E-state index in [0.717, 1.165) is 45.9 Å². The minimum atomic E-state index is -0.824. The number of hydrogen-bond donors (Lipinski definition) is 3. The molecule has 156 valence electrons. The molecule has 9 heteroatoms. The first-order valence-electron chi connectivity index (χ1n) is 10.4. The first-order chi connectivity index (χ1) is 15.2. The van der Waals surface area contributed by atoms with Gasteiger partial charge in [-0.1, -0.05) is 17.3 Å². The molecule has 1 saturated carbocycles. The lowest BCUT2D eigenvalue weighted by Crippen LogP contribution is -2.29. The third kappa shape index (κ3) is 3.05. The zero-order valence-electron chi connectivity index (χ0n) is 16.6. The van der Waals surface area contributed by atoms with E-state index in [9.17, 15) is 10.2 Å². The number of aliphatic hydroxyl groups is 2. The molecule has 0 bridgehead atoms. The fraction of sp³-hybridized carbons (Fsp3) is 0.318. The van der Waals surface area contributed by atoms with Crippen molar-refractivity contribution >= 4 is 33.1 Å². The Labute approximate surface area is 176 Å². The van der Waals surface area contributed by atoms with Gasteiger partial charge in [0, 0.05) is 23.2 Å². The van der Waals surface area contributed by atoms with Crippen molar-refractivity contribution in [2.75, 3.05) is 0 Å². The lowest BCUT2D eigenvalue weighted by atomic mass is 9.95. The molecule has 6 rings (SSSR count). The van der Waals surface area contributed by atoms with Gasteiger partial charge in [0.1, 0.15) is 23.6 Å². The molecule has 4 aromatic heterocycles. The van der Waals surface area contributed by atoms with Crippen LogP contribution in [-0.4, -0.2) is 57.4 Å². The molecule has 0 unspecified atom stereocenters.